The van der Waals surface area contributed by atoms with Crippen molar-refractivity contribution in [3.05, 3.63) is 74.8 Å². The average Bonchev–Trinajstić information content (AvgIpc) is 3.71. The van der Waals surface area contributed by atoms with Crippen molar-refractivity contribution >= 4 is 56.0 Å². The topological polar surface area (TPSA) is 160 Å². The molecule has 0 bridgehead atoms. The van der Waals surface area contributed by atoms with Gasteiger partial charge < -0.3 is 29.5 Å². The Morgan fingerprint density at radius 1 is 1.12 bits per heavy atom. The van der Waals surface area contributed by atoms with Crippen LogP contribution >= 0.6 is 11.3 Å². The summed E-state index contributed by atoms with van der Waals surface area (Å²) in [5.41, 5.74) is 0.764. The molecule has 7 rings (SSSR count). The lowest BCUT2D eigenvalue weighted by atomic mass is 10.1. The van der Waals surface area contributed by atoms with Crippen LogP contribution in [0.15, 0.2) is 40.8 Å². The largest absolute Gasteiger partial charge is 0.504 e. The van der Waals surface area contributed by atoms with Gasteiger partial charge in [-0.15, -0.1) is 16.4 Å². The van der Waals surface area contributed by atoms with Crippen molar-refractivity contribution < 1.29 is 32.6 Å². The maximum Gasteiger partial charge on any atom is 0.417 e. The van der Waals surface area contributed by atoms with E-state index in [1.807, 2.05) is 17.9 Å². The third-order valence-corrected chi connectivity index (χ3v) is 10.2. The summed E-state index contributed by atoms with van der Waals surface area (Å²) < 4.78 is 49.4. The number of aromatic nitrogens is 6. The number of hydrogen-bond acceptors (Lipinski definition) is 11. The number of fused-ring (bicyclic) bond motifs is 2. The molecule has 0 radical (unpaired) electrons. The van der Waals surface area contributed by atoms with Crippen LogP contribution in [0.3, 0.4) is 0 Å². The van der Waals surface area contributed by atoms with Gasteiger partial charge in [0.05, 0.1) is 23.6 Å². The molecule has 4 aromatic heterocycles. The van der Waals surface area contributed by atoms with Crippen LogP contribution in [0.4, 0.5) is 24.5 Å². The van der Waals surface area contributed by atoms with Crippen molar-refractivity contribution in [1.29, 1.82) is 0 Å². The van der Waals surface area contributed by atoms with E-state index in [1.54, 1.807) is 11.5 Å². The molecule has 2 amide bonds. The van der Waals surface area contributed by atoms with Crippen molar-refractivity contribution in [1.82, 2.24) is 34.0 Å². The van der Waals surface area contributed by atoms with Gasteiger partial charge in [-0.2, -0.15) is 22.7 Å². The summed E-state index contributed by atoms with van der Waals surface area (Å²) in [5.74, 6) is -0.830. The number of carbonyl (C=O) groups excluding carboxylic acids is 2. The summed E-state index contributed by atoms with van der Waals surface area (Å²) in [6, 6.07) is 3.72. The molecule has 2 aliphatic heterocycles. The highest BCUT2D eigenvalue weighted by molar-refractivity contribution is 7.17. The fourth-order valence-corrected chi connectivity index (χ4v) is 7.57. The second-order valence-electron chi connectivity index (χ2n) is 12.4. The monoisotopic (exact) mass is 737 g/mol. The smallest absolute Gasteiger partial charge is 0.417 e. The zero-order valence-electron chi connectivity index (χ0n) is 28.2. The molecule has 0 aliphatic carbocycles. The third-order valence-electron chi connectivity index (χ3n) is 9.22. The second-order valence-corrected chi connectivity index (χ2v) is 13.3. The number of rotatable bonds is 7. The Labute approximate surface area is 298 Å². The molecule has 6 heterocycles. The minimum Gasteiger partial charge on any atom is -0.504 e. The number of carbonyl (C=O) groups is 2. The first-order valence-corrected chi connectivity index (χ1v) is 17.6. The van der Waals surface area contributed by atoms with Gasteiger partial charge in [0.1, 0.15) is 18.6 Å². The van der Waals surface area contributed by atoms with Crippen molar-refractivity contribution in [3.8, 4) is 5.75 Å². The number of piperazine rings is 1. The molecule has 2 N–H and O–H groups in total. The van der Waals surface area contributed by atoms with E-state index in [0.29, 0.717) is 43.3 Å². The standard InChI is InChI=1S/C34H34F3N9O5S/c1-3-24-27(43-10-12-44(13-11-43)31(49)26-28(48)19(2)38-18-39-26)32(50)46-33(41-30(42-46)20-5-4-14-51-15-8-20)45(24)17-25(47)40-23-7-6-22(34(35,36)37)29-21(23)9-16-52-29/h6-9,16,18,48H,3-5,10-15,17H2,1-2H3,(H,40,47). The minimum absolute atomic E-state index is 0.0121. The Morgan fingerprint density at radius 3 is 2.65 bits per heavy atom. The van der Waals surface area contributed by atoms with Crippen molar-refractivity contribution in [2.24, 2.45) is 0 Å². The van der Waals surface area contributed by atoms with E-state index >= 15 is 0 Å². The Morgan fingerprint density at radius 2 is 1.90 bits per heavy atom. The molecule has 0 atom stereocenters. The summed E-state index contributed by atoms with van der Waals surface area (Å²) >= 11 is 0.937. The molecule has 1 fully saturated rings. The highest BCUT2D eigenvalue weighted by atomic mass is 32.1. The number of aryl methyl sites for hydroxylation is 1. The number of alkyl halides is 3. The minimum atomic E-state index is -4.56. The third kappa shape index (κ3) is 6.47. The predicted octanol–water partition coefficient (Wildman–Crippen LogP) is 4.29. The van der Waals surface area contributed by atoms with Crippen LogP contribution in [0, 0.1) is 6.92 Å². The molecule has 18 heteroatoms. The van der Waals surface area contributed by atoms with Crippen LogP contribution < -0.4 is 15.8 Å². The number of allylic oxidation sites excluding steroid dienone is 1. The molecule has 0 spiro atoms. The fraction of sp³-hybridized carbons (Fsp3) is 0.382. The van der Waals surface area contributed by atoms with E-state index in [2.05, 4.69) is 20.4 Å². The van der Waals surface area contributed by atoms with E-state index in [9.17, 15) is 32.7 Å². The summed E-state index contributed by atoms with van der Waals surface area (Å²) in [7, 11) is 0. The Balaban J connectivity index is 1.25. The number of ether oxygens (including phenoxy) is 1. The lowest BCUT2D eigenvalue weighted by Gasteiger charge is -2.36. The number of amides is 2. The molecule has 1 aromatic carbocycles. The molecule has 1 saturated heterocycles. The SMILES string of the molecule is CCc1c(N2CCN(C(=O)c3ncnc(C)c3O)CC2)c(=O)n2nc(C3=CCOCCC3)nc2n1CC(=O)Nc1ccc(C(F)(F)F)c2sccc12. The van der Waals surface area contributed by atoms with E-state index in [4.69, 9.17) is 9.72 Å². The summed E-state index contributed by atoms with van der Waals surface area (Å²) in [6.45, 7) is 4.95. The zero-order chi connectivity index (χ0) is 36.7. The molecular formula is C34H34F3N9O5S. The lowest BCUT2D eigenvalue weighted by Crippen LogP contribution is -2.51. The number of thiophene rings is 1. The van der Waals surface area contributed by atoms with E-state index in [-0.39, 0.29) is 71.4 Å². The van der Waals surface area contributed by atoms with E-state index in [0.717, 1.165) is 29.4 Å². The second kappa shape index (κ2) is 14.0. The average molecular weight is 738 g/mol. The first kappa shape index (κ1) is 35.1. The zero-order valence-corrected chi connectivity index (χ0v) is 29.1. The van der Waals surface area contributed by atoms with Gasteiger partial charge in [-0.1, -0.05) is 13.0 Å². The fourth-order valence-electron chi connectivity index (χ4n) is 6.61. The Bertz CT molecular complexity index is 2290. The number of nitrogens with one attached hydrogen (secondary N) is 1. The first-order valence-electron chi connectivity index (χ1n) is 16.7. The van der Waals surface area contributed by atoms with Crippen molar-refractivity contribution in [3.63, 3.8) is 0 Å². The maximum atomic E-state index is 14.3. The van der Waals surface area contributed by atoms with Gasteiger partial charge in [0.25, 0.3) is 11.5 Å². The number of nitrogens with zero attached hydrogens (tertiary/aromatic N) is 8. The Hall–Kier alpha value is -5.36. The van der Waals surface area contributed by atoms with Crippen LogP contribution in [-0.2, 0) is 28.7 Å². The quantitative estimate of drug-likeness (QED) is 0.247. The summed E-state index contributed by atoms with van der Waals surface area (Å²) in [4.78, 5) is 57.3. The van der Waals surface area contributed by atoms with Crippen molar-refractivity contribution in [2.75, 3.05) is 49.6 Å². The number of halogens is 3. The highest BCUT2D eigenvalue weighted by Gasteiger charge is 2.34. The number of anilines is 2. The summed E-state index contributed by atoms with van der Waals surface area (Å²) in [6.07, 6.45) is 0.203. The van der Waals surface area contributed by atoms with Crippen molar-refractivity contribution in [2.45, 2.75) is 45.8 Å². The van der Waals surface area contributed by atoms with Gasteiger partial charge in [-0.3, -0.25) is 14.4 Å². The van der Waals surface area contributed by atoms with E-state index in [1.165, 1.54) is 33.3 Å². The normalized spacial score (nSPS) is 15.6. The maximum absolute atomic E-state index is 14.3. The first-order chi connectivity index (χ1) is 25.0. The molecule has 272 valence electrons. The van der Waals surface area contributed by atoms with Gasteiger partial charge in [0.15, 0.2) is 17.3 Å². The number of benzene rings is 1. The molecule has 0 unspecified atom stereocenters. The van der Waals surface area contributed by atoms with Gasteiger partial charge in [0.2, 0.25) is 11.7 Å². The molecule has 14 nitrogen and oxygen atoms in total. The van der Waals surface area contributed by atoms with Crippen LogP contribution in [-0.4, -0.2) is 90.3 Å². The Kier molecular flexibility index (Phi) is 9.43. The van der Waals surface area contributed by atoms with Crippen LogP contribution in [0.25, 0.3) is 21.4 Å². The summed E-state index contributed by atoms with van der Waals surface area (Å²) in [5, 5.41) is 19.6. The van der Waals surface area contributed by atoms with E-state index < -0.39 is 29.1 Å². The predicted molar refractivity (Wildman–Crippen MR) is 187 cm³/mol. The van der Waals surface area contributed by atoms with Crippen LogP contribution in [0.5, 0.6) is 5.75 Å². The molecule has 52 heavy (non-hydrogen) atoms. The highest BCUT2D eigenvalue weighted by Crippen LogP contribution is 2.40. The molecule has 5 aromatic rings. The van der Waals surface area contributed by atoms with Gasteiger partial charge in [0, 0.05) is 48.6 Å². The molecule has 0 saturated carbocycles. The van der Waals surface area contributed by atoms with Crippen LogP contribution in [0.1, 0.15) is 53.0 Å². The molecular weight excluding hydrogens is 703 g/mol. The van der Waals surface area contributed by atoms with Gasteiger partial charge in [-0.25, -0.2) is 9.97 Å². The van der Waals surface area contributed by atoms with Gasteiger partial charge in [-0.05, 0) is 55.3 Å². The lowest BCUT2D eigenvalue weighted by molar-refractivity contribution is -0.136. The number of aromatic hydroxyl groups is 1. The van der Waals surface area contributed by atoms with Crippen LogP contribution in [0.2, 0.25) is 0 Å². The van der Waals surface area contributed by atoms with Gasteiger partial charge >= 0.3 is 6.18 Å². The molecule has 2 aliphatic rings. The number of hydrogen-bond donors (Lipinski definition) is 2.